The Balaban J connectivity index is 1.65. The third kappa shape index (κ3) is 3.74. The fourth-order valence-corrected chi connectivity index (χ4v) is 2.56. The molecule has 0 bridgehead atoms. The van der Waals surface area contributed by atoms with Crippen molar-refractivity contribution in [1.29, 1.82) is 0 Å². The average molecular weight is 294 g/mol. The van der Waals surface area contributed by atoms with Gasteiger partial charge in [-0.05, 0) is 41.8 Å². The lowest BCUT2D eigenvalue weighted by Crippen LogP contribution is -2.36. The van der Waals surface area contributed by atoms with Crippen LogP contribution in [0.4, 0.5) is 11.4 Å². The van der Waals surface area contributed by atoms with Crippen LogP contribution in [0.3, 0.4) is 0 Å². The Labute approximate surface area is 132 Å². The number of nitrogens with zero attached hydrogens (tertiary/aromatic N) is 2. The van der Waals surface area contributed by atoms with Gasteiger partial charge in [0.2, 0.25) is 0 Å². The molecular formula is C19H22N2O. The van der Waals surface area contributed by atoms with E-state index >= 15 is 0 Å². The van der Waals surface area contributed by atoms with E-state index in [2.05, 4.69) is 65.3 Å². The maximum Gasteiger partial charge on any atom is 0.0642 e. The fourth-order valence-electron chi connectivity index (χ4n) is 2.56. The van der Waals surface area contributed by atoms with Gasteiger partial charge >= 0.3 is 0 Å². The summed E-state index contributed by atoms with van der Waals surface area (Å²) in [5.74, 6) is 0. The zero-order valence-electron chi connectivity index (χ0n) is 13.0. The number of aliphatic imine (C=N–C) groups is 1. The van der Waals surface area contributed by atoms with Crippen LogP contribution in [-0.4, -0.2) is 32.5 Å². The maximum atomic E-state index is 5.38. The van der Waals surface area contributed by atoms with Gasteiger partial charge in [0.15, 0.2) is 0 Å². The van der Waals surface area contributed by atoms with Gasteiger partial charge in [-0.15, -0.1) is 0 Å². The summed E-state index contributed by atoms with van der Waals surface area (Å²) in [6, 6.07) is 17.0. The quantitative estimate of drug-likeness (QED) is 0.800. The lowest BCUT2D eigenvalue weighted by Gasteiger charge is -2.28. The molecule has 0 amide bonds. The van der Waals surface area contributed by atoms with Crippen LogP contribution in [0.25, 0.3) is 0 Å². The van der Waals surface area contributed by atoms with E-state index < -0.39 is 0 Å². The zero-order valence-corrected chi connectivity index (χ0v) is 13.0. The van der Waals surface area contributed by atoms with Gasteiger partial charge in [0, 0.05) is 25.0 Å². The number of aryl methyl sites for hydroxylation is 1. The summed E-state index contributed by atoms with van der Waals surface area (Å²) < 4.78 is 5.38. The second-order valence-electron chi connectivity index (χ2n) is 5.47. The predicted octanol–water partition coefficient (Wildman–Crippen LogP) is 3.84. The number of anilines is 1. The summed E-state index contributed by atoms with van der Waals surface area (Å²) >= 11 is 0. The molecule has 1 aliphatic heterocycles. The summed E-state index contributed by atoms with van der Waals surface area (Å²) in [4.78, 5) is 6.90. The predicted molar refractivity (Wildman–Crippen MR) is 92.5 cm³/mol. The van der Waals surface area contributed by atoms with Crippen molar-refractivity contribution >= 4 is 17.6 Å². The Bertz CT molecular complexity index is 611. The van der Waals surface area contributed by atoms with Crippen LogP contribution in [-0.2, 0) is 11.2 Å². The number of hydrogen-bond acceptors (Lipinski definition) is 3. The second kappa shape index (κ2) is 7.23. The van der Waals surface area contributed by atoms with E-state index in [4.69, 9.17) is 4.74 Å². The molecule has 0 unspecified atom stereocenters. The fraction of sp³-hybridized carbons (Fsp3) is 0.316. The molecule has 1 fully saturated rings. The van der Waals surface area contributed by atoms with Gasteiger partial charge in [-0.25, -0.2) is 0 Å². The Kier molecular flexibility index (Phi) is 4.86. The summed E-state index contributed by atoms with van der Waals surface area (Å²) in [7, 11) is 0. The van der Waals surface area contributed by atoms with Crippen LogP contribution in [0.15, 0.2) is 53.5 Å². The topological polar surface area (TPSA) is 24.8 Å². The molecule has 22 heavy (non-hydrogen) atoms. The number of rotatable bonds is 4. The molecule has 0 aliphatic carbocycles. The zero-order chi connectivity index (χ0) is 15.2. The van der Waals surface area contributed by atoms with E-state index in [-0.39, 0.29) is 0 Å². The summed E-state index contributed by atoms with van der Waals surface area (Å²) in [6.07, 6.45) is 2.99. The van der Waals surface area contributed by atoms with Crippen molar-refractivity contribution in [3.63, 3.8) is 0 Å². The van der Waals surface area contributed by atoms with Crippen LogP contribution in [0.2, 0.25) is 0 Å². The molecule has 0 atom stereocenters. The first-order valence-corrected chi connectivity index (χ1v) is 7.91. The Morgan fingerprint density at radius 3 is 2.32 bits per heavy atom. The first kappa shape index (κ1) is 14.8. The van der Waals surface area contributed by atoms with Crippen molar-refractivity contribution in [3.8, 4) is 0 Å². The normalized spacial score (nSPS) is 15.4. The number of morpholine rings is 1. The average Bonchev–Trinajstić information content (AvgIpc) is 2.61. The molecule has 114 valence electrons. The van der Waals surface area contributed by atoms with Gasteiger partial charge in [0.25, 0.3) is 0 Å². The minimum atomic E-state index is 0.813. The van der Waals surface area contributed by atoms with E-state index in [9.17, 15) is 0 Å². The molecule has 3 rings (SSSR count). The Hall–Kier alpha value is -2.13. The summed E-state index contributed by atoms with van der Waals surface area (Å²) in [5, 5.41) is 0. The molecule has 0 spiro atoms. The monoisotopic (exact) mass is 294 g/mol. The molecule has 0 N–H and O–H groups in total. The van der Waals surface area contributed by atoms with E-state index in [0.29, 0.717) is 0 Å². The molecule has 0 saturated carbocycles. The van der Waals surface area contributed by atoms with E-state index in [1.54, 1.807) is 0 Å². The standard InChI is InChI=1S/C19H22N2O/c1-2-16-3-5-17(6-4-16)15-20-18-7-9-19(10-8-18)21-11-13-22-14-12-21/h3-10,15H,2,11-14H2,1H3. The van der Waals surface area contributed by atoms with Crippen molar-refractivity contribution in [1.82, 2.24) is 0 Å². The third-order valence-electron chi connectivity index (χ3n) is 3.98. The molecule has 0 radical (unpaired) electrons. The number of hydrogen-bond donors (Lipinski definition) is 0. The van der Waals surface area contributed by atoms with Crippen molar-refractivity contribution in [2.24, 2.45) is 4.99 Å². The first-order valence-electron chi connectivity index (χ1n) is 7.91. The van der Waals surface area contributed by atoms with Gasteiger partial charge in [0.1, 0.15) is 0 Å². The smallest absolute Gasteiger partial charge is 0.0642 e. The van der Waals surface area contributed by atoms with Gasteiger partial charge in [-0.3, -0.25) is 4.99 Å². The molecule has 1 aliphatic rings. The van der Waals surface area contributed by atoms with Gasteiger partial charge in [-0.1, -0.05) is 31.2 Å². The highest BCUT2D eigenvalue weighted by Gasteiger charge is 2.10. The first-order chi connectivity index (χ1) is 10.8. The minimum Gasteiger partial charge on any atom is -0.378 e. The molecule has 0 aromatic heterocycles. The van der Waals surface area contributed by atoms with Crippen LogP contribution < -0.4 is 4.90 Å². The lowest BCUT2D eigenvalue weighted by molar-refractivity contribution is 0.122. The van der Waals surface area contributed by atoms with Crippen molar-refractivity contribution in [3.05, 3.63) is 59.7 Å². The van der Waals surface area contributed by atoms with Crippen molar-refractivity contribution < 1.29 is 4.74 Å². The lowest BCUT2D eigenvalue weighted by atomic mass is 10.1. The third-order valence-corrected chi connectivity index (χ3v) is 3.98. The minimum absolute atomic E-state index is 0.813. The number of ether oxygens (including phenoxy) is 1. The molecule has 1 saturated heterocycles. The molecular weight excluding hydrogens is 272 g/mol. The summed E-state index contributed by atoms with van der Waals surface area (Å²) in [5.41, 5.74) is 4.72. The SMILES string of the molecule is CCc1ccc(C=Nc2ccc(N3CCOCC3)cc2)cc1. The largest absolute Gasteiger partial charge is 0.378 e. The molecule has 3 heteroatoms. The van der Waals surface area contributed by atoms with Gasteiger partial charge < -0.3 is 9.64 Å². The van der Waals surface area contributed by atoms with Crippen LogP contribution in [0.1, 0.15) is 18.1 Å². The van der Waals surface area contributed by atoms with E-state index in [1.807, 2.05) is 6.21 Å². The highest BCUT2D eigenvalue weighted by molar-refractivity contribution is 5.82. The van der Waals surface area contributed by atoms with Gasteiger partial charge in [-0.2, -0.15) is 0 Å². The van der Waals surface area contributed by atoms with E-state index in [1.165, 1.54) is 11.3 Å². The highest BCUT2D eigenvalue weighted by Crippen LogP contribution is 2.20. The van der Waals surface area contributed by atoms with Crippen LogP contribution in [0, 0.1) is 0 Å². The van der Waals surface area contributed by atoms with Gasteiger partial charge in [0.05, 0.1) is 18.9 Å². The molecule has 1 heterocycles. The van der Waals surface area contributed by atoms with Crippen molar-refractivity contribution in [2.45, 2.75) is 13.3 Å². The molecule has 2 aromatic rings. The molecule has 3 nitrogen and oxygen atoms in total. The Morgan fingerprint density at radius 1 is 1.00 bits per heavy atom. The van der Waals surface area contributed by atoms with E-state index in [0.717, 1.165) is 44.0 Å². The number of benzene rings is 2. The second-order valence-corrected chi connectivity index (χ2v) is 5.47. The molecule has 2 aromatic carbocycles. The summed E-state index contributed by atoms with van der Waals surface area (Å²) in [6.45, 7) is 5.72. The van der Waals surface area contributed by atoms with Crippen LogP contribution >= 0.6 is 0 Å². The van der Waals surface area contributed by atoms with Crippen LogP contribution in [0.5, 0.6) is 0 Å². The Morgan fingerprint density at radius 2 is 1.68 bits per heavy atom. The highest BCUT2D eigenvalue weighted by atomic mass is 16.5. The maximum absolute atomic E-state index is 5.38. The van der Waals surface area contributed by atoms with Crippen molar-refractivity contribution in [2.75, 3.05) is 31.2 Å².